The highest BCUT2D eigenvalue weighted by Crippen LogP contribution is 2.08. The van der Waals surface area contributed by atoms with Crippen molar-refractivity contribution >= 4 is 5.78 Å². The number of unbranched alkanes of at least 4 members (excludes halogenated alkanes) is 1. The SMILES string of the molecule is C.CC(C)CCCCN(CCCNC(C)C)CC(=O)C(C)C. The van der Waals surface area contributed by atoms with Gasteiger partial charge in [0.2, 0.25) is 0 Å². The molecule has 0 radical (unpaired) electrons. The molecule has 0 heterocycles. The third-order valence-electron chi connectivity index (χ3n) is 3.73. The zero-order valence-corrected chi connectivity index (χ0v) is 15.2. The Morgan fingerprint density at radius 3 is 2.05 bits per heavy atom. The Bertz CT molecular complexity index is 246. The van der Waals surface area contributed by atoms with Crippen molar-refractivity contribution in [3.8, 4) is 0 Å². The van der Waals surface area contributed by atoms with E-state index in [-0.39, 0.29) is 13.3 Å². The number of hydrogen-bond donors (Lipinski definition) is 1. The summed E-state index contributed by atoms with van der Waals surface area (Å²) in [4.78, 5) is 14.3. The molecule has 0 saturated carbocycles. The number of carbonyl (C=O) groups excluding carboxylic acids is 1. The van der Waals surface area contributed by atoms with Gasteiger partial charge >= 0.3 is 0 Å². The fraction of sp³-hybridized carbons (Fsp3) is 0.947. The Kier molecular flexibility index (Phi) is 15.4. The second kappa shape index (κ2) is 14.2. The first kappa shape index (κ1) is 23.9. The Morgan fingerprint density at radius 1 is 0.955 bits per heavy atom. The average molecular weight is 315 g/mol. The van der Waals surface area contributed by atoms with E-state index in [0.717, 1.165) is 32.0 Å². The minimum Gasteiger partial charge on any atom is -0.314 e. The van der Waals surface area contributed by atoms with Gasteiger partial charge in [0.05, 0.1) is 6.54 Å². The molecule has 0 aliphatic heterocycles. The van der Waals surface area contributed by atoms with Crippen molar-refractivity contribution in [1.29, 1.82) is 0 Å². The van der Waals surface area contributed by atoms with E-state index in [9.17, 15) is 4.79 Å². The number of nitrogens with zero attached hydrogens (tertiary/aromatic N) is 1. The summed E-state index contributed by atoms with van der Waals surface area (Å²) in [5.74, 6) is 1.30. The van der Waals surface area contributed by atoms with E-state index in [1.165, 1.54) is 19.3 Å². The Labute approximate surface area is 140 Å². The highest BCUT2D eigenvalue weighted by atomic mass is 16.1. The molecule has 0 bridgehead atoms. The molecule has 0 amide bonds. The predicted octanol–water partition coefficient (Wildman–Crippen LogP) is 4.36. The first-order chi connectivity index (χ1) is 9.82. The second-order valence-electron chi connectivity index (χ2n) is 7.25. The third-order valence-corrected chi connectivity index (χ3v) is 3.73. The second-order valence-corrected chi connectivity index (χ2v) is 7.25. The van der Waals surface area contributed by atoms with Crippen LogP contribution in [-0.4, -0.2) is 42.9 Å². The van der Waals surface area contributed by atoms with E-state index in [4.69, 9.17) is 0 Å². The van der Waals surface area contributed by atoms with E-state index < -0.39 is 0 Å². The van der Waals surface area contributed by atoms with E-state index in [0.29, 0.717) is 18.4 Å². The van der Waals surface area contributed by atoms with Gasteiger partial charge in [-0.15, -0.1) is 0 Å². The van der Waals surface area contributed by atoms with Gasteiger partial charge in [0.1, 0.15) is 5.78 Å². The number of ketones is 1. The molecule has 0 fully saturated rings. The zero-order chi connectivity index (χ0) is 16.3. The molecule has 3 heteroatoms. The van der Waals surface area contributed by atoms with Gasteiger partial charge in [-0.3, -0.25) is 9.69 Å². The number of rotatable bonds is 13. The van der Waals surface area contributed by atoms with Crippen LogP contribution in [0.5, 0.6) is 0 Å². The van der Waals surface area contributed by atoms with E-state index >= 15 is 0 Å². The summed E-state index contributed by atoms with van der Waals surface area (Å²) < 4.78 is 0. The van der Waals surface area contributed by atoms with E-state index in [1.54, 1.807) is 0 Å². The van der Waals surface area contributed by atoms with Gasteiger partial charge in [-0.1, -0.05) is 61.8 Å². The molecule has 0 spiro atoms. The number of nitrogens with one attached hydrogen (secondary N) is 1. The van der Waals surface area contributed by atoms with Gasteiger partial charge in [-0.05, 0) is 38.4 Å². The lowest BCUT2D eigenvalue weighted by atomic mass is 10.1. The van der Waals surface area contributed by atoms with Crippen molar-refractivity contribution < 1.29 is 4.79 Å². The fourth-order valence-electron chi connectivity index (χ4n) is 2.25. The molecule has 0 rings (SSSR count). The molecule has 0 aromatic rings. The van der Waals surface area contributed by atoms with Gasteiger partial charge in [0, 0.05) is 12.0 Å². The van der Waals surface area contributed by atoms with Crippen LogP contribution in [0.3, 0.4) is 0 Å². The summed E-state index contributed by atoms with van der Waals surface area (Å²) in [6, 6.07) is 0.543. The normalized spacial score (nSPS) is 11.5. The summed E-state index contributed by atoms with van der Waals surface area (Å²) in [6.07, 6.45) is 4.89. The van der Waals surface area contributed by atoms with Crippen molar-refractivity contribution in [3.05, 3.63) is 0 Å². The zero-order valence-electron chi connectivity index (χ0n) is 15.2. The lowest BCUT2D eigenvalue weighted by Crippen LogP contribution is -2.35. The topological polar surface area (TPSA) is 32.3 Å². The van der Waals surface area contributed by atoms with Crippen LogP contribution in [0, 0.1) is 11.8 Å². The van der Waals surface area contributed by atoms with Crippen LogP contribution in [0.4, 0.5) is 0 Å². The maximum absolute atomic E-state index is 12.0. The van der Waals surface area contributed by atoms with Crippen molar-refractivity contribution in [2.75, 3.05) is 26.2 Å². The Balaban J connectivity index is 0. The monoisotopic (exact) mass is 314 g/mol. The van der Waals surface area contributed by atoms with Crippen molar-refractivity contribution in [2.45, 2.75) is 80.7 Å². The molecule has 0 aromatic heterocycles. The largest absolute Gasteiger partial charge is 0.314 e. The Hall–Kier alpha value is -0.410. The molecule has 0 saturated heterocycles. The smallest absolute Gasteiger partial charge is 0.149 e. The molecule has 0 atom stereocenters. The van der Waals surface area contributed by atoms with Gasteiger partial charge in [-0.2, -0.15) is 0 Å². The number of hydrogen-bond acceptors (Lipinski definition) is 3. The average Bonchev–Trinajstić information content (AvgIpc) is 2.38. The van der Waals surface area contributed by atoms with Gasteiger partial charge in [0.25, 0.3) is 0 Å². The molecule has 3 nitrogen and oxygen atoms in total. The highest BCUT2D eigenvalue weighted by Gasteiger charge is 2.13. The van der Waals surface area contributed by atoms with Crippen LogP contribution < -0.4 is 5.32 Å². The number of carbonyl (C=O) groups is 1. The van der Waals surface area contributed by atoms with Crippen LogP contribution in [0.1, 0.15) is 74.7 Å². The molecule has 134 valence electrons. The summed E-state index contributed by atoms with van der Waals surface area (Å²) in [7, 11) is 0. The van der Waals surface area contributed by atoms with Crippen LogP contribution in [0.15, 0.2) is 0 Å². The van der Waals surface area contributed by atoms with Crippen LogP contribution in [0.25, 0.3) is 0 Å². The maximum atomic E-state index is 12.0. The molecule has 1 N–H and O–H groups in total. The molecule has 22 heavy (non-hydrogen) atoms. The van der Waals surface area contributed by atoms with E-state index in [1.807, 2.05) is 13.8 Å². The third kappa shape index (κ3) is 14.5. The van der Waals surface area contributed by atoms with Crippen molar-refractivity contribution in [3.63, 3.8) is 0 Å². The van der Waals surface area contributed by atoms with Gasteiger partial charge in [-0.25, -0.2) is 0 Å². The molecule has 0 unspecified atom stereocenters. The highest BCUT2D eigenvalue weighted by molar-refractivity contribution is 5.82. The summed E-state index contributed by atoms with van der Waals surface area (Å²) in [6.45, 7) is 16.6. The molecule has 0 aliphatic carbocycles. The minimum atomic E-state index is 0. The molecule has 0 aromatic carbocycles. The molecule has 0 aliphatic rings. The fourth-order valence-corrected chi connectivity index (χ4v) is 2.25. The Morgan fingerprint density at radius 2 is 1.55 bits per heavy atom. The van der Waals surface area contributed by atoms with Gasteiger partial charge < -0.3 is 5.32 Å². The lowest BCUT2D eigenvalue weighted by Gasteiger charge is -2.23. The first-order valence-corrected chi connectivity index (χ1v) is 8.81. The standard InChI is InChI=1S/C18H38N2O.CH4/c1-15(2)10-7-8-12-20(14-18(21)16(3)4)13-9-11-19-17(5)6;/h15-17,19H,7-14H2,1-6H3;1H4. The maximum Gasteiger partial charge on any atom is 0.149 e. The molecular formula is C19H42N2O. The van der Waals surface area contributed by atoms with Crippen molar-refractivity contribution in [1.82, 2.24) is 10.2 Å². The summed E-state index contributed by atoms with van der Waals surface area (Å²) in [5, 5.41) is 3.45. The predicted molar refractivity (Wildman–Crippen MR) is 99.5 cm³/mol. The number of Topliss-reactive ketones (excluding diaryl/α,β-unsaturated/α-hetero) is 1. The van der Waals surface area contributed by atoms with Crippen LogP contribution in [0.2, 0.25) is 0 Å². The molecular weight excluding hydrogens is 272 g/mol. The van der Waals surface area contributed by atoms with Gasteiger partial charge in [0.15, 0.2) is 0 Å². The quantitative estimate of drug-likeness (QED) is 0.513. The lowest BCUT2D eigenvalue weighted by molar-refractivity contribution is -0.123. The van der Waals surface area contributed by atoms with Crippen molar-refractivity contribution in [2.24, 2.45) is 11.8 Å². The van der Waals surface area contributed by atoms with E-state index in [2.05, 4.69) is 37.9 Å². The summed E-state index contributed by atoms with van der Waals surface area (Å²) >= 11 is 0. The first-order valence-electron chi connectivity index (χ1n) is 8.81. The van der Waals surface area contributed by atoms with Crippen LogP contribution in [-0.2, 0) is 4.79 Å². The minimum absolute atomic E-state index is 0. The van der Waals surface area contributed by atoms with Crippen LogP contribution >= 0.6 is 0 Å². The summed E-state index contributed by atoms with van der Waals surface area (Å²) in [5.41, 5.74) is 0.